The number of nitro benzene ring substituents is 1. The zero-order valence-corrected chi connectivity index (χ0v) is 10.7. The van der Waals surface area contributed by atoms with Crippen LogP contribution in [-0.4, -0.2) is 25.5 Å². The molecule has 10 heteroatoms. The van der Waals surface area contributed by atoms with Gasteiger partial charge in [0.2, 0.25) is 5.69 Å². The first-order chi connectivity index (χ1) is 9.90. The van der Waals surface area contributed by atoms with Gasteiger partial charge in [-0.15, -0.1) is 0 Å². The fraction of sp³-hybridized carbons (Fsp3) is 0.0909. The molecule has 1 heterocycles. The Morgan fingerprint density at radius 2 is 1.81 bits per heavy atom. The minimum Gasteiger partial charge on any atom is -0.320 e. The molecule has 0 aliphatic rings. The van der Waals surface area contributed by atoms with Crippen LogP contribution in [0.15, 0.2) is 30.5 Å². The highest BCUT2D eigenvalue weighted by Crippen LogP contribution is 2.20. The van der Waals surface area contributed by atoms with Gasteiger partial charge < -0.3 is 5.32 Å². The number of anilines is 1. The van der Waals surface area contributed by atoms with Gasteiger partial charge in [-0.1, -0.05) is 0 Å². The van der Waals surface area contributed by atoms with Gasteiger partial charge in [-0.3, -0.25) is 29.7 Å². The highest BCUT2D eigenvalue weighted by Gasteiger charge is 2.25. The first-order valence-electron chi connectivity index (χ1n) is 5.62. The quantitative estimate of drug-likeness (QED) is 0.670. The van der Waals surface area contributed by atoms with Crippen LogP contribution in [0.25, 0.3) is 0 Å². The summed E-state index contributed by atoms with van der Waals surface area (Å²) >= 11 is 0. The summed E-state index contributed by atoms with van der Waals surface area (Å²) in [6, 6.07) is 5.09. The van der Waals surface area contributed by atoms with Gasteiger partial charge >= 0.3 is 5.69 Å². The summed E-state index contributed by atoms with van der Waals surface area (Å²) in [5.41, 5.74) is -0.476. The molecular formula is C11H9N5O5. The molecule has 2 aromatic rings. The number of nitrogens with one attached hydrogen (secondary N) is 1. The van der Waals surface area contributed by atoms with E-state index in [1.807, 2.05) is 0 Å². The van der Waals surface area contributed by atoms with Crippen molar-refractivity contribution in [2.75, 3.05) is 5.32 Å². The van der Waals surface area contributed by atoms with Crippen molar-refractivity contribution < 1.29 is 14.6 Å². The number of rotatable bonds is 4. The van der Waals surface area contributed by atoms with Crippen LogP contribution in [0.1, 0.15) is 10.5 Å². The van der Waals surface area contributed by atoms with Gasteiger partial charge in [0, 0.05) is 24.9 Å². The Morgan fingerprint density at radius 3 is 2.33 bits per heavy atom. The molecule has 1 aromatic carbocycles. The third-order valence-electron chi connectivity index (χ3n) is 2.67. The molecule has 10 nitrogen and oxygen atoms in total. The van der Waals surface area contributed by atoms with E-state index in [-0.39, 0.29) is 17.1 Å². The second kappa shape index (κ2) is 5.36. The minimum atomic E-state index is -0.726. The van der Waals surface area contributed by atoms with Gasteiger partial charge in [-0.25, -0.2) is 0 Å². The number of carbonyl (C=O) groups is 1. The highest BCUT2D eigenvalue weighted by molar-refractivity contribution is 6.05. The lowest BCUT2D eigenvalue weighted by Crippen LogP contribution is -2.17. The van der Waals surface area contributed by atoms with Crippen LogP contribution in [-0.2, 0) is 7.05 Å². The van der Waals surface area contributed by atoms with Crippen LogP contribution < -0.4 is 5.32 Å². The number of hydrogen-bond donors (Lipinski definition) is 1. The van der Waals surface area contributed by atoms with Crippen LogP contribution in [0.4, 0.5) is 17.1 Å². The van der Waals surface area contributed by atoms with E-state index < -0.39 is 21.4 Å². The first kappa shape index (κ1) is 14.1. The summed E-state index contributed by atoms with van der Waals surface area (Å²) in [7, 11) is 1.40. The van der Waals surface area contributed by atoms with E-state index in [0.717, 1.165) is 10.9 Å². The van der Waals surface area contributed by atoms with Crippen LogP contribution >= 0.6 is 0 Å². The van der Waals surface area contributed by atoms with Crippen LogP contribution in [0, 0.1) is 20.2 Å². The molecule has 0 bridgehead atoms. The third kappa shape index (κ3) is 2.83. The number of nitro groups is 2. The smallest absolute Gasteiger partial charge is 0.320 e. The van der Waals surface area contributed by atoms with E-state index in [2.05, 4.69) is 10.4 Å². The molecule has 0 atom stereocenters. The van der Waals surface area contributed by atoms with Crippen molar-refractivity contribution in [2.24, 2.45) is 7.05 Å². The highest BCUT2D eigenvalue weighted by atomic mass is 16.6. The lowest BCUT2D eigenvalue weighted by molar-refractivity contribution is -0.385. The van der Waals surface area contributed by atoms with Gasteiger partial charge in [0.25, 0.3) is 11.6 Å². The van der Waals surface area contributed by atoms with Gasteiger partial charge in [0.05, 0.1) is 9.85 Å². The predicted molar refractivity (Wildman–Crippen MR) is 70.9 cm³/mol. The van der Waals surface area contributed by atoms with E-state index in [1.54, 1.807) is 0 Å². The number of amides is 1. The molecule has 0 radical (unpaired) electrons. The maximum Gasteiger partial charge on any atom is 0.320 e. The van der Waals surface area contributed by atoms with E-state index in [0.29, 0.717) is 0 Å². The fourth-order valence-electron chi connectivity index (χ4n) is 1.68. The minimum absolute atomic E-state index is 0.125. The fourth-order valence-corrected chi connectivity index (χ4v) is 1.68. The molecule has 0 aliphatic carbocycles. The Balaban J connectivity index is 2.24. The van der Waals surface area contributed by atoms with E-state index in [1.165, 1.54) is 31.3 Å². The molecule has 0 unspecified atom stereocenters. The second-order valence-electron chi connectivity index (χ2n) is 4.02. The summed E-state index contributed by atoms with van der Waals surface area (Å²) in [4.78, 5) is 32.1. The Hall–Kier alpha value is -3.30. The average molecular weight is 291 g/mol. The van der Waals surface area contributed by atoms with Crippen molar-refractivity contribution in [2.45, 2.75) is 0 Å². The van der Waals surface area contributed by atoms with Gasteiger partial charge in [-0.2, -0.15) is 5.10 Å². The Bertz CT molecular complexity index is 721. The van der Waals surface area contributed by atoms with Crippen molar-refractivity contribution in [3.8, 4) is 0 Å². The summed E-state index contributed by atoms with van der Waals surface area (Å²) in [6.07, 6.45) is 0.977. The number of hydrogen-bond acceptors (Lipinski definition) is 6. The van der Waals surface area contributed by atoms with E-state index in [9.17, 15) is 25.0 Å². The molecule has 1 N–H and O–H groups in total. The number of aromatic nitrogens is 2. The maximum absolute atomic E-state index is 12.0. The number of nitrogens with zero attached hydrogens (tertiary/aromatic N) is 4. The number of non-ortho nitro benzene ring substituents is 1. The molecule has 108 valence electrons. The topological polar surface area (TPSA) is 133 Å². The second-order valence-corrected chi connectivity index (χ2v) is 4.02. The van der Waals surface area contributed by atoms with Crippen molar-refractivity contribution in [1.82, 2.24) is 9.78 Å². The third-order valence-corrected chi connectivity index (χ3v) is 2.67. The van der Waals surface area contributed by atoms with Crippen LogP contribution in [0.2, 0.25) is 0 Å². The number of benzene rings is 1. The van der Waals surface area contributed by atoms with Crippen LogP contribution in [0.3, 0.4) is 0 Å². The molecule has 0 saturated carbocycles. The molecule has 0 saturated heterocycles. The largest absolute Gasteiger partial charge is 0.320 e. The maximum atomic E-state index is 12.0. The molecule has 2 rings (SSSR count). The number of carbonyl (C=O) groups excluding carboxylic acids is 1. The van der Waals surface area contributed by atoms with Crippen molar-refractivity contribution in [3.05, 3.63) is 56.4 Å². The van der Waals surface area contributed by atoms with Gasteiger partial charge in [0.1, 0.15) is 6.20 Å². The van der Waals surface area contributed by atoms with Crippen LogP contribution in [0.5, 0.6) is 0 Å². The summed E-state index contributed by atoms with van der Waals surface area (Å²) in [5.74, 6) is -0.726. The summed E-state index contributed by atoms with van der Waals surface area (Å²) in [5, 5.41) is 27.4. The Kier molecular flexibility index (Phi) is 3.61. The standard InChI is InChI=1S/C11H9N5O5/c1-14-10(9(6-12-14)16(20)21)11(17)13-7-2-4-8(5-3-7)15(18)19/h2-6H,1H3,(H,13,17). The van der Waals surface area contributed by atoms with E-state index in [4.69, 9.17) is 0 Å². The summed E-state index contributed by atoms with van der Waals surface area (Å²) in [6.45, 7) is 0. The average Bonchev–Trinajstić information content (AvgIpc) is 2.81. The molecule has 1 amide bonds. The molecular weight excluding hydrogens is 282 g/mol. The molecule has 21 heavy (non-hydrogen) atoms. The van der Waals surface area contributed by atoms with Crippen molar-refractivity contribution in [3.63, 3.8) is 0 Å². The zero-order valence-electron chi connectivity index (χ0n) is 10.7. The molecule has 0 aliphatic heterocycles. The Labute approximate surface area is 117 Å². The lowest BCUT2D eigenvalue weighted by Gasteiger charge is -2.04. The summed E-state index contributed by atoms with van der Waals surface area (Å²) < 4.78 is 1.08. The van der Waals surface area contributed by atoms with Gasteiger partial charge in [-0.05, 0) is 12.1 Å². The number of aryl methyl sites for hydroxylation is 1. The zero-order chi connectivity index (χ0) is 15.6. The predicted octanol–water partition coefficient (Wildman–Crippen LogP) is 1.49. The Morgan fingerprint density at radius 1 is 1.19 bits per heavy atom. The normalized spacial score (nSPS) is 10.1. The molecule has 0 fully saturated rings. The lowest BCUT2D eigenvalue weighted by atomic mass is 10.2. The monoisotopic (exact) mass is 291 g/mol. The van der Waals surface area contributed by atoms with Gasteiger partial charge in [0.15, 0.2) is 0 Å². The molecule has 0 spiro atoms. The van der Waals surface area contributed by atoms with Crippen molar-refractivity contribution in [1.29, 1.82) is 0 Å². The first-order valence-corrected chi connectivity index (χ1v) is 5.62. The SMILES string of the molecule is Cn1ncc([N+](=O)[O-])c1C(=O)Nc1ccc([N+](=O)[O-])cc1. The van der Waals surface area contributed by atoms with Crippen molar-refractivity contribution >= 4 is 23.0 Å². The molecule has 1 aromatic heterocycles. The van der Waals surface area contributed by atoms with E-state index >= 15 is 0 Å².